The summed E-state index contributed by atoms with van der Waals surface area (Å²) < 4.78 is 31.7. The standard InChI is InChI=1S/C19H26FGeN/c1-13(2)9-15-11-19(22-12-18(15)21(4,5)6)17-8-7-16(20)10-14(17)3/h7-8,10-13H,9H2,1-6H3/i9D2. The normalized spacial score (nSPS) is 14.0. The Hall–Kier alpha value is -1.16. The molecule has 0 fully saturated rings. The molecule has 1 heterocycles. The Labute approximate surface area is 139 Å². The predicted octanol–water partition coefficient (Wildman–Crippen LogP) is 4.94. The van der Waals surface area contributed by atoms with Crippen molar-refractivity contribution < 1.29 is 7.13 Å². The summed E-state index contributed by atoms with van der Waals surface area (Å²) in [6, 6.07) is 6.52. The molecule has 1 nitrogen and oxygen atoms in total. The predicted molar refractivity (Wildman–Crippen MR) is 95.9 cm³/mol. The van der Waals surface area contributed by atoms with Gasteiger partial charge >= 0.3 is 139 Å². The van der Waals surface area contributed by atoms with E-state index in [2.05, 4.69) is 22.3 Å². The third kappa shape index (κ3) is 3.98. The van der Waals surface area contributed by atoms with Crippen LogP contribution < -0.4 is 4.40 Å². The van der Waals surface area contributed by atoms with E-state index < -0.39 is 19.6 Å². The Morgan fingerprint density at radius 2 is 1.91 bits per heavy atom. The molecular formula is C19H26FGeN. The van der Waals surface area contributed by atoms with E-state index >= 15 is 0 Å². The number of nitrogens with zero attached hydrogens (tertiary/aromatic N) is 1. The number of hydrogen-bond donors (Lipinski definition) is 0. The van der Waals surface area contributed by atoms with Crippen molar-refractivity contribution in [2.24, 2.45) is 5.92 Å². The first-order valence-corrected chi connectivity index (χ1v) is 15.1. The van der Waals surface area contributed by atoms with E-state index in [1.165, 1.54) is 12.1 Å². The molecule has 0 aliphatic carbocycles. The van der Waals surface area contributed by atoms with E-state index in [-0.39, 0.29) is 11.7 Å². The molecule has 22 heavy (non-hydrogen) atoms. The second-order valence-electron chi connectivity index (χ2n) is 7.12. The molecule has 118 valence electrons. The van der Waals surface area contributed by atoms with Gasteiger partial charge in [0.15, 0.2) is 0 Å². The van der Waals surface area contributed by atoms with Crippen LogP contribution in [0.4, 0.5) is 4.39 Å². The third-order valence-electron chi connectivity index (χ3n) is 3.62. The van der Waals surface area contributed by atoms with Crippen LogP contribution in [-0.4, -0.2) is 18.3 Å². The van der Waals surface area contributed by atoms with Crippen molar-refractivity contribution in [3.05, 3.63) is 47.4 Å². The van der Waals surface area contributed by atoms with Crippen LogP contribution >= 0.6 is 0 Å². The van der Waals surface area contributed by atoms with Gasteiger partial charge in [-0.25, -0.2) is 0 Å². The first kappa shape index (κ1) is 14.4. The second kappa shape index (κ2) is 6.53. The van der Waals surface area contributed by atoms with Gasteiger partial charge in [-0.2, -0.15) is 0 Å². The number of aromatic nitrogens is 1. The number of hydrogen-bond acceptors (Lipinski definition) is 1. The number of halogens is 1. The van der Waals surface area contributed by atoms with Gasteiger partial charge in [0.05, 0.1) is 0 Å². The number of rotatable bonds is 4. The Morgan fingerprint density at radius 3 is 2.45 bits per heavy atom. The first-order valence-electron chi connectivity index (χ1n) is 8.72. The van der Waals surface area contributed by atoms with Crippen LogP contribution in [0.3, 0.4) is 0 Å². The Balaban J connectivity index is 2.71. The third-order valence-corrected chi connectivity index (χ3v) is 7.85. The minimum absolute atomic E-state index is 0.134. The van der Waals surface area contributed by atoms with Crippen LogP contribution in [0.25, 0.3) is 11.3 Å². The molecule has 0 amide bonds. The van der Waals surface area contributed by atoms with Crippen molar-refractivity contribution in [2.75, 3.05) is 0 Å². The average Bonchev–Trinajstić information content (AvgIpc) is 2.45. The number of pyridine rings is 1. The van der Waals surface area contributed by atoms with Crippen molar-refractivity contribution in [3.8, 4) is 11.3 Å². The summed E-state index contributed by atoms with van der Waals surface area (Å²) in [4.78, 5) is 4.60. The molecule has 0 N–H and O–H groups in total. The number of aryl methyl sites for hydroxylation is 1. The summed E-state index contributed by atoms with van der Waals surface area (Å²) in [5.41, 5.74) is 3.12. The van der Waals surface area contributed by atoms with Crippen LogP contribution in [0, 0.1) is 18.7 Å². The molecule has 0 atom stereocenters. The van der Waals surface area contributed by atoms with Gasteiger partial charge < -0.3 is 0 Å². The summed E-state index contributed by atoms with van der Waals surface area (Å²) in [6.45, 7) is 5.66. The van der Waals surface area contributed by atoms with Crippen molar-refractivity contribution in [3.63, 3.8) is 0 Å². The van der Waals surface area contributed by atoms with Crippen molar-refractivity contribution in [1.82, 2.24) is 4.98 Å². The van der Waals surface area contributed by atoms with Crippen LogP contribution in [0.1, 0.15) is 27.7 Å². The fraction of sp³-hybridized carbons (Fsp3) is 0.421. The van der Waals surface area contributed by atoms with E-state index in [1.807, 2.05) is 33.0 Å². The summed E-state index contributed by atoms with van der Waals surface area (Å²) >= 11 is -2.28. The van der Waals surface area contributed by atoms with E-state index in [4.69, 9.17) is 2.74 Å². The van der Waals surface area contributed by atoms with Crippen molar-refractivity contribution in [1.29, 1.82) is 0 Å². The fourth-order valence-corrected chi connectivity index (χ4v) is 5.49. The molecule has 3 heteroatoms. The SMILES string of the molecule is [2H]C([2H])(c1cc(-c2ccc(F)cc2C)nc[c]1[Ge]([CH3])([CH3])[CH3])C(C)C. The van der Waals surface area contributed by atoms with Gasteiger partial charge in [0, 0.05) is 0 Å². The van der Waals surface area contributed by atoms with Crippen LogP contribution in [0.5, 0.6) is 0 Å². The molecule has 0 saturated carbocycles. The molecule has 0 unspecified atom stereocenters. The summed E-state index contributed by atoms with van der Waals surface area (Å²) in [5, 5.41) is 0. The van der Waals surface area contributed by atoms with Gasteiger partial charge in [-0.15, -0.1) is 0 Å². The minimum atomic E-state index is -2.28. The van der Waals surface area contributed by atoms with Crippen LogP contribution in [0.2, 0.25) is 17.3 Å². The molecule has 0 radical (unpaired) electrons. The fourth-order valence-electron chi connectivity index (χ4n) is 2.55. The Bertz CT molecular complexity index is 752. The number of benzene rings is 1. The first-order chi connectivity index (χ1) is 10.9. The van der Waals surface area contributed by atoms with E-state index in [0.29, 0.717) is 5.69 Å². The summed E-state index contributed by atoms with van der Waals surface area (Å²) in [6.07, 6.45) is 0.438. The van der Waals surface area contributed by atoms with Crippen LogP contribution in [0.15, 0.2) is 30.5 Å². The van der Waals surface area contributed by atoms with Gasteiger partial charge in [0.2, 0.25) is 0 Å². The van der Waals surface area contributed by atoms with E-state index in [1.54, 1.807) is 6.07 Å². The molecular weight excluding hydrogens is 334 g/mol. The van der Waals surface area contributed by atoms with Crippen molar-refractivity contribution in [2.45, 2.75) is 44.4 Å². The molecule has 0 aliphatic heterocycles. The zero-order valence-electron chi connectivity index (χ0n) is 16.3. The van der Waals surface area contributed by atoms with Crippen molar-refractivity contribution >= 4 is 17.7 Å². The zero-order chi connectivity index (χ0) is 18.3. The van der Waals surface area contributed by atoms with E-state index in [0.717, 1.165) is 21.1 Å². The summed E-state index contributed by atoms with van der Waals surface area (Å²) in [5.74, 6) is 6.35. The monoisotopic (exact) mass is 363 g/mol. The molecule has 0 aliphatic rings. The molecule has 2 rings (SSSR count). The quantitative estimate of drug-likeness (QED) is 0.703. The van der Waals surface area contributed by atoms with Gasteiger partial charge in [0.1, 0.15) is 0 Å². The van der Waals surface area contributed by atoms with Crippen LogP contribution in [-0.2, 0) is 6.37 Å². The molecule has 2 aromatic rings. The zero-order valence-corrected chi connectivity index (χ0v) is 16.4. The molecule has 1 aromatic heterocycles. The Kier molecular flexibility index (Phi) is 4.29. The second-order valence-corrected chi connectivity index (χ2v) is 17.7. The average molecular weight is 362 g/mol. The topological polar surface area (TPSA) is 12.9 Å². The molecule has 0 saturated heterocycles. The molecule has 0 bridgehead atoms. The van der Waals surface area contributed by atoms with Gasteiger partial charge in [-0.05, 0) is 0 Å². The maximum atomic E-state index is 13.4. The Morgan fingerprint density at radius 1 is 1.23 bits per heavy atom. The molecule has 0 spiro atoms. The maximum absolute atomic E-state index is 13.4. The van der Waals surface area contributed by atoms with Gasteiger partial charge in [0.25, 0.3) is 0 Å². The molecule has 1 aromatic carbocycles. The van der Waals surface area contributed by atoms with Gasteiger partial charge in [-0.3, -0.25) is 0 Å². The van der Waals surface area contributed by atoms with E-state index in [9.17, 15) is 4.39 Å². The summed E-state index contributed by atoms with van der Waals surface area (Å²) in [7, 11) is 0. The van der Waals surface area contributed by atoms with Gasteiger partial charge in [-0.1, -0.05) is 0 Å².